The quantitative estimate of drug-likeness (QED) is 0.345. The van der Waals surface area contributed by atoms with Gasteiger partial charge in [-0.15, -0.1) is 0 Å². The summed E-state index contributed by atoms with van der Waals surface area (Å²) in [7, 11) is 0. The van der Waals surface area contributed by atoms with Crippen molar-refractivity contribution in [1.82, 2.24) is 0 Å². The molecule has 0 radical (unpaired) electrons. The van der Waals surface area contributed by atoms with Gasteiger partial charge in [0.1, 0.15) is 6.10 Å². The minimum atomic E-state index is -0.629. The molecule has 0 aliphatic rings. The van der Waals surface area contributed by atoms with E-state index in [1.807, 2.05) is 19.9 Å². The van der Waals surface area contributed by atoms with Gasteiger partial charge in [0.2, 0.25) is 0 Å². The first kappa shape index (κ1) is 19.6. The molecular formula is C20H26O4. The van der Waals surface area contributed by atoms with E-state index in [9.17, 15) is 15.0 Å². The lowest BCUT2D eigenvalue weighted by Crippen LogP contribution is -2.20. The van der Waals surface area contributed by atoms with Gasteiger partial charge in [0.25, 0.3) is 0 Å². The molecule has 0 aromatic heterocycles. The fourth-order valence-corrected chi connectivity index (χ4v) is 2.06. The van der Waals surface area contributed by atoms with Crippen molar-refractivity contribution in [3.63, 3.8) is 0 Å². The minimum Gasteiger partial charge on any atom is -0.504 e. The van der Waals surface area contributed by atoms with E-state index in [1.165, 1.54) is 0 Å². The predicted molar refractivity (Wildman–Crippen MR) is 96.9 cm³/mol. The van der Waals surface area contributed by atoms with Crippen LogP contribution in [0.2, 0.25) is 0 Å². The third kappa shape index (κ3) is 4.75. The Morgan fingerprint density at radius 1 is 1.25 bits per heavy atom. The van der Waals surface area contributed by atoms with E-state index in [0.29, 0.717) is 28.7 Å². The Hall–Kier alpha value is -2.49. The lowest BCUT2D eigenvalue weighted by molar-refractivity contribution is -0.141. The molecule has 24 heavy (non-hydrogen) atoms. The summed E-state index contributed by atoms with van der Waals surface area (Å²) in [6.07, 6.45) is 3.44. The van der Waals surface area contributed by atoms with Gasteiger partial charge in [-0.05, 0) is 45.8 Å². The highest BCUT2D eigenvalue weighted by Gasteiger charge is 2.22. The molecule has 0 fully saturated rings. The molecule has 0 aliphatic carbocycles. The standard InChI is InChI=1S/C20H26O4/c1-7-13(4)20(23)24-17(11-8-12(2)3)15(6)16-10-9-14(5)18(21)19(16)22/h7-10,17,21-22H,6,11H2,1-5H3/b13-7+. The number of aryl methyl sites for hydroxylation is 1. The lowest BCUT2D eigenvalue weighted by atomic mass is 9.96. The van der Waals surface area contributed by atoms with Gasteiger partial charge in [-0.3, -0.25) is 0 Å². The molecule has 0 aliphatic heterocycles. The van der Waals surface area contributed by atoms with Crippen LogP contribution in [0.25, 0.3) is 5.57 Å². The van der Waals surface area contributed by atoms with Crippen molar-refractivity contribution < 1.29 is 19.7 Å². The van der Waals surface area contributed by atoms with Crippen LogP contribution in [0.1, 0.15) is 45.2 Å². The van der Waals surface area contributed by atoms with Crippen molar-refractivity contribution >= 4 is 11.5 Å². The maximum absolute atomic E-state index is 12.1. The molecule has 0 saturated heterocycles. The van der Waals surface area contributed by atoms with Crippen LogP contribution >= 0.6 is 0 Å². The Labute approximate surface area is 143 Å². The number of hydrogen-bond donors (Lipinski definition) is 2. The van der Waals surface area contributed by atoms with E-state index in [-0.39, 0.29) is 11.5 Å². The van der Waals surface area contributed by atoms with Crippen LogP contribution in [-0.2, 0) is 9.53 Å². The molecule has 1 atom stereocenters. The van der Waals surface area contributed by atoms with E-state index in [0.717, 1.165) is 5.57 Å². The number of ether oxygens (including phenoxy) is 1. The summed E-state index contributed by atoms with van der Waals surface area (Å²) in [5, 5.41) is 20.1. The highest BCUT2D eigenvalue weighted by Crippen LogP contribution is 2.37. The van der Waals surface area contributed by atoms with E-state index in [4.69, 9.17) is 4.74 Å². The molecule has 130 valence electrons. The molecule has 0 spiro atoms. The van der Waals surface area contributed by atoms with Crippen LogP contribution < -0.4 is 0 Å². The Morgan fingerprint density at radius 2 is 1.88 bits per heavy atom. The average Bonchev–Trinajstić information content (AvgIpc) is 2.54. The van der Waals surface area contributed by atoms with Crippen LogP contribution in [0.5, 0.6) is 11.5 Å². The number of allylic oxidation sites excluding steroid dienone is 2. The van der Waals surface area contributed by atoms with Crippen molar-refractivity contribution in [2.24, 2.45) is 0 Å². The number of hydrogen-bond acceptors (Lipinski definition) is 4. The van der Waals surface area contributed by atoms with Crippen LogP contribution in [0.15, 0.2) is 42.0 Å². The fraction of sp³-hybridized carbons (Fsp3) is 0.350. The van der Waals surface area contributed by atoms with Gasteiger partial charge in [0.15, 0.2) is 11.5 Å². The van der Waals surface area contributed by atoms with Crippen molar-refractivity contribution in [2.45, 2.75) is 47.1 Å². The highest BCUT2D eigenvalue weighted by atomic mass is 16.5. The van der Waals surface area contributed by atoms with E-state index < -0.39 is 12.1 Å². The van der Waals surface area contributed by atoms with Gasteiger partial charge < -0.3 is 14.9 Å². The number of phenolic OH excluding ortho intramolecular Hbond substituents is 2. The second-order valence-electron chi connectivity index (χ2n) is 6.04. The summed E-state index contributed by atoms with van der Waals surface area (Å²) in [5.74, 6) is -0.867. The largest absolute Gasteiger partial charge is 0.504 e. The summed E-state index contributed by atoms with van der Waals surface area (Å²) in [6.45, 7) is 13.0. The first-order valence-corrected chi connectivity index (χ1v) is 7.87. The zero-order chi connectivity index (χ0) is 18.4. The smallest absolute Gasteiger partial charge is 0.333 e. The van der Waals surface area contributed by atoms with Crippen LogP contribution in [-0.4, -0.2) is 22.3 Å². The number of carbonyl (C=O) groups excluding carboxylic acids is 1. The van der Waals surface area contributed by atoms with Crippen molar-refractivity contribution in [2.75, 3.05) is 0 Å². The third-order valence-electron chi connectivity index (χ3n) is 3.83. The highest BCUT2D eigenvalue weighted by molar-refractivity contribution is 5.89. The van der Waals surface area contributed by atoms with Crippen molar-refractivity contribution in [1.29, 1.82) is 0 Å². The molecule has 1 rings (SSSR count). The summed E-state index contributed by atoms with van der Waals surface area (Å²) in [5.41, 5.74) is 2.96. The molecule has 1 aromatic carbocycles. The second-order valence-corrected chi connectivity index (χ2v) is 6.04. The van der Waals surface area contributed by atoms with E-state index in [1.54, 1.807) is 39.0 Å². The topological polar surface area (TPSA) is 66.8 Å². The zero-order valence-electron chi connectivity index (χ0n) is 15.0. The molecule has 2 N–H and O–H groups in total. The molecule has 0 saturated carbocycles. The first-order chi connectivity index (χ1) is 11.2. The Bertz CT molecular complexity index is 692. The number of aromatic hydroxyl groups is 2. The summed E-state index contributed by atoms with van der Waals surface area (Å²) < 4.78 is 5.55. The predicted octanol–water partition coefficient (Wildman–Crippen LogP) is 4.65. The summed E-state index contributed by atoms with van der Waals surface area (Å²) >= 11 is 0. The molecule has 0 heterocycles. The number of benzene rings is 1. The maximum atomic E-state index is 12.1. The van der Waals surface area contributed by atoms with E-state index in [2.05, 4.69) is 6.58 Å². The van der Waals surface area contributed by atoms with E-state index >= 15 is 0 Å². The summed E-state index contributed by atoms with van der Waals surface area (Å²) in [6, 6.07) is 3.35. The number of phenols is 2. The normalized spacial score (nSPS) is 12.5. The Balaban J connectivity index is 3.19. The molecule has 0 amide bonds. The molecular weight excluding hydrogens is 304 g/mol. The molecule has 1 unspecified atom stereocenters. The Kier molecular flexibility index (Phi) is 6.83. The second kappa shape index (κ2) is 8.39. The minimum absolute atomic E-state index is 0.189. The molecule has 4 heteroatoms. The number of carbonyl (C=O) groups is 1. The van der Waals surface area contributed by atoms with Gasteiger partial charge in [-0.1, -0.05) is 36.4 Å². The van der Waals surface area contributed by atoms with Gasteiger partial charge in [0, 0.05) is 17.6 Å². The van der Waals surface area contributed by atoms with Crippen LogP contribution in [0.4, 0.5) is 0 Å². The molecule has 4 nitrogen and oxygen atoms in total. The van der Waals surface area contributed by atoms with Crippen molar-refractivity contribution in [3.8, 4) is 11.5 Å². The number of rotatable bonds is 6. The lowest BCUT2D eigenvalue weighted by Gasteiger charge is -2.21. The maximum Gasteiger partial charge on any atom is 0.333 e. The van der Waals surface area contributed by atoms with Gasteiger partial charge >= 0.3 is 5.97 Å². The van der Waals surface area contributed by atoms with Gasteiger partial charge in [0.05, 0.1) is 0 Å². The zero-order valence-corrected chi connectivity index (χ0v) is 15.0. The average molecular weight is 330 g/mol. The summed E-state index contributed by atoms with van der Waals surface area (Å²) in [4.78, 5) is 12.1. The Morgan fingerprint density at radius 3 is 2.42 bits per heavy atom. The molecule has 0 bridgehead atoms. The molecule has 1 aromatic rings. The first-order valence-electron chi connectivity index (χ1n) is 7.87. The van der Waals surface area contributed by atoms with Crippen molar-refractivity contribution in [3.05, 3.63) is 53.1 Å². The van der Waals surface area contributed by atoms with Crippen LogP contribution in [0, 0.1) is 6.92 Å². The monoisotopic (exact) mass is 330 g/mol. The SMILES string of the molecule is C=C(c1ccc(C)c(O)c1O)C(CC=C(C)C)OC(=O)/C(C)=C/C. The number of esters is 1. The third-order valence-corrected chi connectivity index (χ3v) is 3.83. The van der Waals surface area contributed by atoms with Gasteiger partial charge in [-0.2, -0.15) is 0 Å². The van der Waals surface area contributed by atoms with Gasteiger partial charge in [-0.25, -0.2) is 4.79 Å². The fourth-order valence-electron chi connectivity index (χ4n) is 2.06. The van der Waals surface area contributed by atoms with Crippen LogP contribution in [0.3, 0.4) is 0 Å².